The highest BCUT2D eigenvalue weighted by Gasteiger charge is 2.78. The van der Waals surface area contributed by atoms with Crippen LogP contribution in [0.3, 0.4) is 0 Å². The Kier molecular flexibility index (Phi) is 6.11. The Morgan fingerprint density at radius 2 is 0.880 bits per heavy atom. The fraction of sp³-hybridized carbons (Fsp3) is 0.300. The fourth-order valence-electron chi connectivity index (χ4n) is 10.4. The monoisotopic (exact) mass is 664 g/mol. The molecule has 0 aliphatic carbocycles. The van der Waals surface area contributed by atoms with Crippen LogP contribution in [0, 0.1) is 0 Å². The highest BCUT2D eigenvalue weighted by Crippen LogP contribution is 2.68. The zero-order chi connectivity index (χ0) is 33.8. The Morgan fingerprint density at radius 3 is 1.30 bits per heavy atom. The first-order valence-electron chi connectivity index (χ1n) is 17.5. The molecule has 0 spiro atoms. The Morgan fingerprint density at radius 1 is 0.500 bits per heavy atom. The van der Waals surface area contributed by atoms with Crippen molar-refractivity contribution in [2.24, 2.45) is 0 Å². The van der Waals surface area contributed by atoms with E-state index in [0.717, 1.165) is 33.6 Å². The summed E-state index contributed by atoms with van der Waals surface area (Å²) in [6.45, 7) is 0. The first-order valence-corrected chi connectivity index (χ1v) is 17.5. The molecular weight excluding hydrogens is 628 g/mol. The molecule has 4 aromatic rings. The topological polar surface area (TPSA) is 123 Å². The summed E-state index contributed by atoms with van der Waals surface area (Å²) in [5.74, 6) is -0.632. The van der Waals surface area contributed by atoms with Gasteiger partial charge < -0.3 is 31.1 Å². The highest BCUT2D eigenvalue weighted by molar-refractivity contribution is 6.01. The Bertz CT molecular complexity index is 1940. The minimum absolute atomic E-state index is 0.134. The van der Waals surface area contributed by atoms with E-state index >= 15 is 0 Å². The SMILES string of the molecule is O=C1N[C@@H](Cc2ccccc2)C(=O)N2[C@@H]1C[C@]1([C@]34C[C@H]5C(=O)N[C@H](Cc6ccccc6)C(=O)N5[C@H]3Nc3ccccc34)c3ccccc3N[C@H]21. The van der Waals surface area contributed by atoms with E-state index in [1.807, 2.05) is 97.1 Å². The lowest BCUT2D eigenvalue weighted by Crippen LogP contribution is -2.67. The second kappa shape index (κ2) is 10.4. The first kappa shape index (κ1) is 29.3. The zero-order valence-electron chi connectivity index (χ0n) is 27.2. The number of piperazine rings is 2. The third-order valence-electron chi connectivity index (χ3n) is 12.3. The molecule has 4 saturated heterocycles. The van der Waals surface area contributed by atoms with E-state index in [1.54, 1.807) is 9.80 Å². The second-order valence-electron chi connectivity index (χ2n) is 14.6. The van der Waals surface area contributed by atoms with Crippen LogP contribution in [-0.2, 0) is 42.8 Å². The summed E-state index contributed by atoms with van der Waals surface area (Å²) < 4.78 is 0. The molecule has 0 saturated carbocycles. The lowest BCUT2D eigenvalue weighted by atomic mass is 9.54. The molecule has 250 valence electrons. The highest BCUT2D eigenvalue weighted by atomic mass is 16.2. The third-order valence-corrected chi connectivity index (χ3v) is 12.3. The summed E-state index contributed by atoms with van der Waals surface area (Å²) in [6, 6.07) is 32.8. The maximum atomic E-state index is 14.6. The number of hydrogen-bond donors (Lipinski definition) is 4. The van der Waals surface area contributed by atoms with Crippen molar-refractivity contribution in [3.05, 3.63) is 131 Å². The van der Waals surface area contributed by atoms with Gasteiger partial charge in [0, 0.05) is 24.2 Å². The number of anilines is 2. The van der Waals surface area contributed by atoms with Gasteiger partial charge in [-0.3, -0.25) is 19.2 Å². The maximum absolute atomic E-state index is 14.6. The molecule has 10 rings (SSSR count). The first-order chi connectivity index (χ1) is 24.4. The van der Waals surface area contributed by atoms with Gasteiger partial charge in [-0.15, -0.1) is 0 Å². The quantitative estimate of drug-likeness (QED) is 0.260. The molecule has 4 N–H and O–H groups in total. The number of rotatable bonds is 5. The molecular formula is C40H36N6O4. The van der Waals surface area contributed by atoms with Gasteiger partial charge in [-0.1, -0.05) is 97.1 Å². The number of benzene rings is 4. The molecule has 10 heteroatoms. The average Bonchev–Trinajstić information content (AvgIpc) is 3.85. The van der Waals surface area contributed by atoms with Crippen molar-refractivity contribution in [3.8, 4) is 0 Å². The number of carbonyl (C=O) groups excluding carboxylic acids is 4. The summed E-state index contributed by atoms with van der Waals surface area (Å²) in [6.07, 6.45) is 0.273. The lowest BCUT2D eigenvalue weighted by molar-refractivity contribution is -0.149. The summed E-state index contributed by atoms with van der Waals surface area (Å²) >= 11 is 0. The molecule has 4 fully saturated rings. The van der Waals surface area contributed by atoms with Crippen LogP contribution in [0.4, 0.5) is 11.4 Å². The summed E-state index contributed by atoms with van der Waals surface area (Å²) in [4.78, 5) is 61.2. The molecule has 50 heavy (non-hydrogen) atoms. The molecule has 4 aromatic carbocycles. The number of nitrogens with one attached hydrogen (secondary N) is 4. The normalized spacial score (nSPS) is 32.9. The molecule has 0 radical (unpaired) electrons. The van der Waals surface area contributed by atoms with Crippen LogP contribution in [0.25, 0.3) is 0 Å². The van der Waals surface area contributed by atoms with Crippen LogP contribution in [-0.4, -0.2) is 69.9 Å². The zero-order valence-corrected chi connectivity index (χ0v) is 27.2. The van der Waals surface area contributed by atoms with E-state index < -0.39 is 47.3 Å². The van der Waals surface area contributed by atoms with E-state index in [9.17, 15) is 19.2 Å². The lowest BCUT2D eigenvalue weighted by Gasteiger charge is -2.48. The van der Waals surface area contributed by atoms with Gasteiger partial charge >= 0.3 is 0 Å². The summed E-state index contributed by atoms with van der Waals surface area (Å²) in [5, 5.41) is 13.6. The van der Waals surface area contributed by atoms with Gasteiger partial charge in [0.05, 0.1) is 10.8 Å². The van der Waals surface area contributed by atoms with Crippen LogP contribution in [0.15, 0.2) is 109 Å². The van der Waals surface area contributed by atoms with E-state index in [-0.39, 0.29) is 23.6 Å². The van der Waals surface area contributed by atoms with Crippen LogP contribution < -0.4 is 21.3 Å². The van der Waals surface area contributed by atoms with Crippen molar-refractivity contribution in [3.63, 3.8) is 0 Å². The maximum Gasteiger partial charge on any atom is 0.247 e. The number of carbonyl (C=O) groups is 4. The average molecular weight is 665 g/mol. The van der Waals surface area contributed by atoms with E-state index in [1.165, 1.54) is 0 Å². The largest absolute Gasteiger partial charge is 0.364 e. The predicted molar refractivity (Wildman–Crippen MR) is 186 cm³/mol. The van der Waals surface area contributed by atoms with E-state index in [0.29, 0.717) is 25.7 Å². The van der Waals surface area contributed by atoms with Crippen molar-refractivity contribution in [1.82, 2.24) is 20.4 Å². The Balaban J connectivity index is 1.13. The number of amides is 4. The molecule has 6 aliphatic heterocycles. The molecule has 4 amide bonds. The van der Waals surface area contributed by atoms with Gasteiger partial charge in [0.2, 0.25) is 23.6 Å². The molecule has 0 unspecified atom stereocenters. The van der Waals surface area contributed by atoms with Crippen molar-refractivity contribution in [2.75, 3.05) is 10.6 Å². The minimum atomic E-state index is -0.861. The number of fused-ring (bicyclic) bond motifs is 11. The third kappa shape index (κ3) is 3.73. The number of nitrogens with zero attached hydrogens (tertiary/aromatic N) is 2. The Labute approximate surface area is 289 Å². The van der Waals surface area contributed by atoms with Crippen molar-refractivity contribution in [1.29, 1.82) is 0 Å². The summed E-state index contributed by atoms with van der Waals surface area (Å²) in [5.41, 5.74) is 4.00. The van der Waals surface area contributed by atoms with Crippen LogP contribution in [0.1, 0.15) is 35.1 Å². The summed E-state index contributed by atoms with van der Waals surface area (Å²) in [7, 11) is 0. The van der Waals surface area contributed by atoms with Crippen molar-refractivity contribution < 1.29 is 19.2 Å². The van der Waals surface area contributed by atoms with Gasteiger partial charge in [-0.05, 0) is 47.2 Å². The standard InChI is InChI=1S/C40H36N6O4/c47-33-31-21-39(25-15-7-9-17-27(25)43-37(39)45(31)35(49)29(41-33)19-23-11-3-1-4-12-23)40-22-32-34(48)42-30(20-24-13-5-2-6-14-24)36(50)46(32)38(40)44-28-18-10-8-16-26(28)40/h1-18,29-32,37-38,43-44H,19-22H2,(H,41,47)(H,42,48)/t29-,30+,31+,32-,37-,38-,39+,40+/m1/s1. The van der Waals surface area contributed by atoms with Gasteiger partial charge in [-0.25, -0.2) is 0 Å². The van der Waals surface area contributed by atoms with Crippen molar-refractivity contribution in [2.45, 2.75) is 73.0 Å². The molecule has 0 aromatic heterocycles. The molecule has 10 nitrogen and oxygen atoms in total. The second-order valence-corrected chi connectivity index (χ2v) is 14.6. The van der Waals surface area contributed by atoms with Gasteiger partial charge in [-0.2, -0.15) is 0 Å². The number of hydrogen-bond acceptors (Lipinski definition) is 6. The van der Waals surface area contributed by atoms with Gasteiger partial charge in [0.15, 0.2) is 0 Å². The van der Waals surface area contributed by atoms with Gasteiger partial charge in [0.25, 0.3) is 0 Å². The minimum Gasteiger partial charge on any atom is -0.364 e. The molecule has 6 heterocycles. The van der Waals surface area contributed by atoms with Crippen LogP contribution >= 0.6 is 0 Å². The van der Waals surface area contributed by atoms with Gasteiger partial charge in [0.1, 0.15) is 36.5 Å². The van der Waals surface area contributed by atoms with Crippen LogP contribution in [0.2, 0.25) is 0 Å². The van der Waals surface area contributed by atoms with E-state index in [2.05, 4.69) is 33.4 Å². The fourth-order valence-corrected chi connectivity index (χ4v) is 10.4. The molecule has 0 bridgehead atoms. The number of para-hydroxylation sites is 2. The molecule has 8 atom stereocenters. The molecule has 6 aliphatic rings. The Hall–Kier alpha value is -5.64. The van der Waals surface area contributed by atoms with Crippen molar-refractivity contribution >= 4 is 35.0 Å². The smallest absolute Gasteiger partial charge is 0.247 e. The van der Waals surface area contributed by atoms with E-state index in [4.69, 9.17) is 0 Å². The predicted octanol–water partition coefficient (Wildman–Crippen LogP) is 3.05. The van der Waals surface area contributed by atoms with Crippen LogP contribution in [0.5, 0.6) is 0 Å².